The first-order chi connectivity index (χ1) is 14.2. The number of fused-ring (bicyclic) bond motifs is 1. The van der Waals surface area contributed by atoms with E-state index in [-0.39, 0.29) is 12.0 Å². The van der Waals surface area contributed by atoms with E-state index >= 15 is 0 Å². The molecule has 0 saturated carbocycles. The number of hydrogen-bond acceptors (Lipinski definition) is 5. The van der Waals surface area contributed by atoms with Crippen LogP contribution in [0.5, 0.6) is 5.75 Å². The molecule has 1 amide bonds. The Balaban J connectivity index is 1.54. The molecule has 0 unspecified atom stereocenters. The third kappa shape index (κ3) is 4.89. The maximum absolute atomic E-state index is 12.3. The Labute approximate surface area is 174 Å². The van der Waals surface area contributed by atoms with E-state index in [0.29, 0.717) is 12.3 Å². The number of thioether (sulfide) groups is 1. The van der Waals surface area contributed by atoms with Crippen molar-refractivity contribution in [2.75, 3.05) is 26.0 Å². The minimum Gasteiger partial charge on any atom is -0.497 e. The van der Waals surface area contributed by atoms with Crippen LogP contribution in [0.15, 0.2) is 59.6 Å². The van der Waals surface area contributed by atoms with E-state index in [1.54, 1.807) is 7.11 Å². The number of ether oxygens (including phenoxy) is 2. The van der Waals surface area contributed by atoms with Crippen LogP contribution in [-0.2, 0) is 9.53 Å². The SMILES string of the molecule is COc1ccc2c(-c3ccccc3)cc(SCC(=O)NC[C@H]3CCCO3)nc2c1. The van der Waals surface area contributed by atoms with E-state index in [1.807, 2.05) is 36.4 Å². The van der Waals surface area contributed by atoms with Crippen LogP contribution in [0.25, 0.3) is 22.0 Å². The van der Waals surface area contributed by atoms with Gasteiger partial charge in [-0.3, -0.25) is 4.79 Å². The molecule has 0 bridgehead atoms. The number of nitrogens with one attached hydrogen (secondary N) is 1. The minimum atomic E-state index is -0.000648. The molecule has 1 fully saturated rings. The molecule has 4 rings (SSSR count). The lowest BCUT2D eigenvalue weighted by atomic mass is 10.0. The first-order valence-electron chi connectivity index (χ1n) is 9.78. The first kappa shape index (κ1) is 19.7. The topological polar surface area (TPSA) is 60.5 Å². The maximum Gasteiger partial charge on any atom is 0.230 e. The van der Waals surface area contributed by atoms with Gasteiger partial charge in [-0.1, -0.05) is 42.1 Å². The Hall–Kier alpha value is -2.57. The second-order valence-corrected chi connectivity index (χ2v) is 7.98. The molecule has 1 saturated heterocycles. The molecule has 1 aromatic heterocycles. The molecule has 1 atom stereocenters. The molecule has 0 spiro atoms. The number of rotatable bonds is 7. The number of nitrogens with zero attached hydrogens (tertiary/aromatic N) is 1. The molecule has 1 aliphatic heterocycles. The largest absolute Gasteiger partial charge is 0.497 e. The van der Waals surface area contributed by atoms with Crippen LogP contribution < -0.4 is 10.1 Å². The summed E-state index contributed by atoms with van der Waals surface area (Å²) in [5, 5.41) is 4.84. The van der Waals surface area contributed by atoms with E-state index in [0.717, 1.165) is 52.3 Å². The Morgan fingerprint density at radius 3 is 2.86 bits per heavy atom. The number of carbonyl (C=O) groups is 1. The van der Waals surface area contributed by atoms with Gasteiger partial charge in [-0.05, 0) is 42.2 Å². The fourth-order valence-corrected chi connectivity index (χ4v) is 4.21. The highest BCUT2D eigenvalue weighted by atomic mass is 32.2. The van der Waals surface area contributed by atoms with Gasteiger partial charge in [0.05, 0.1) is 29.5 Å². The normalized spacial score (nSPS) is 16.1. The van der Waals surface area contributed by atoms with Gasteiger partial charge in [-0.2, -0.15) is 0 Å². The molecular formula is C23H24N2O3S. The average Bonchev–Trinajstić information content (AvgIpc) is 3.29. The summed E-state index contributed by atoms with van der Waals surface area (Å²) < 4.78 is 10.9. The number of amides is 1. The number of methoxy groups -OCH3 is 1. The minimum absolute atomic E-state index is 0.000648. The molecule has 29 heavy (non-hydrogen) atoms. The molecule has 2 aromatic carbocycles. The van der Waals surface area contributed by atoms with E-state index in [1.165, 1.54) is 11.8 Å². The van der Waals surface area contributed by atoms with Crippen LogP contribution in [0.2, 0.25) is 0 Å². The average molecular weight is 409 g/mol. The van der Waals surface area contributed by atoms with Crippen molar-refractivity contribution in [3.05, 3.63) is 54.6 Å². The Bertz CT molecular complexity index is 988. The van der Waals surface area contributed by atoms with Crippen molar-refractivity contribution in [2.45, 2.75) is 24.0 Å². The van der Waals surface area contributed by atoms with Crippen molar-refractivity contribution in [1.82, 2.24) is 10.3 Å². The molecule has 5 nitrogen and oxygen atoms in total. The predicted molar refractivity (Wildman–Crippen MR) is 116 cm³/mol. The van der Waals surface area contributed by atoms with Gasteiger partial charge in [0.15, 0.2) is 0 Å². The lowest BCUT2D eigenvalue weighted by Crippen LogP contribution is -2.32. The quantitative estimate of drug-likeness (QED) is 0.591. The van der Waals surface area contributed by atoms with E-state index < -0.39 is 0 Å². The molecular weight excluding hydrogens is 384 g/mol. The summed E-state index contributed by atoms with van der Waals surface area (Å²) in [5.74, 6) is 1.09. The number of carbonyl (C=O) groups excluding carboxylic acids is 1. The van der Waals surface area contributed by atoms with Crippen LogP contribution in [0.3, 0.4) is 0 Å². The van der Waals surface area contributed by atoms with Gasteiger partial charge in [0, 0.05) is 24.6 Å². The first-order valence-corrected chi connectivity index (χ1v) is 10.8. The number of benzene rings is 2. The summed E-state index contributed by atoms with van der Waals surface area (Å²) in [7, 11) is 1.65. The summed E-state index contributed by atoms with van der Waals surface area (Å²) in [6.07, 6.45) is 2.24. The van der Waals surface area contributed by atoms with Gasteiger partial charge in [0.2, 0.25) is 5.91 Å². The summed E-state index contributed by atoms with van der Waals surface area (Å²) in [5.41, 5.74) is 3.07. The van der Waals surface area contributed by atoms with Crippen molar-refractivity contribution in [3.8, 4) is 16.9 Å². The van der Waals surface area contributed by atoms with Gasteiger partial charge in [0.1, 0.15) is 5.75 Å². The summed E-state index contributed by atoms with van der Waals surface area (Å²) in [6.45, 7) is 1.37. The fraction of sp³-hybridized carbons (Fsp3) is 0.304. The van der Waals surface area contributed by atoms with Crippen molar-refractivity contribution in [2.24, 2.45) is 0 Å². The lowest BCUT2D eigenvalue weighted by Gasteiger charge is -2.12. The highest BCUT2D eigenvalue weighted by molar-refractivity contribution is 7.99. The smallest absolute Gasteiger partial charge is 0.230 e. The van der Waals surface area contributed by atoms with E-state index in [4.69, 9.17) is 14.5 Å². The standard InChI is InChI=1S/C23H24N2O3S/c1-27-17-9-10-19-20(16-6-3-2-4-7-16)13-23(25-21(19)12-17)29-15-22(26)24-14-18-8-5-11-28-18/h2-4,6-7,9-10,12-13,18H,5,8,11,14-15H2,1H3,(H,24,26)/t18-/m1/s1. The molecule has 1 aliphatic rings. The molecule has 150 valence electrons. The van der Waals surface area contributed by atoms with Gasteiger partial charge >= 0.3 is 0 Å². The van der Waals surface area contributed by atoms with Crippen molar-refractivity contribution in [1.29, 1.82) is 0 Å². The fourth-order valence-electron chi connectivity index (χ4n) is 3.46. The lowest BCUT2D eigenvalue weighted by molar-refractivity contribution is -0.119. The van der Waals surface area contributed by atoms with Crippen LogP contribution in [0, 0.1) is 0 Å². The molecule has 2 heterocycles. The molecule has 0 aliphatic carbocycles. The second-order valence-electron chi connectivity index (χ2n) is 6.98. The number of aromatic nitrogens is 1. The van der Waals surface area contributed by atoms with Crippen molar-refractivity contribution >= 4 is 28.6 Å². The summed E-state index contributed by atoms with van der Waals surface area (Å²) in [6, 6.07) is 18.2. The van der Waals surface area contributed by atoms with Gasteiger partial charge in [0.25, 0.3) is 0 Å². The van der Waals surface area contributed by atoms with Crippen LogP contribution in [0.1, 0.15) is 12.8 Å². The van der Waals surface area contributed by atoms with Crippen molar-refractivity contribution < 1.29 is 14.3 Å². The molecule has 6 heteroatoms. The van der Waals surface area contributed by atoms with Gasteiger partial charge in [-0.15, -0.1) is 0 Å². The molecule has 3 aromatic rings. The van der Waals surface area contributed by atoms with E-state index in [9.17, 15) is 4.79 Å². The predicted octanol–water partition coefficient (Wildman–Crippen LogP) is 4.30. The Morgan fingerprint density at radius 1 is 1.24 bits per heavy atom. The summed E-state index contributed by atoms with van der Waals surface area (Å²) in [4.78, 5) is 17.0. The highest BCUT2D eigenvalue weighted by Crippen LogP contribution is 2.33. The zero-order valence-corrected chi connectivity index (χ0v) is 17.2. The third-order valence-electron chi connectivity index (χ3n) is 4.98. The van der Waals surface area contributed by atoms with Gasteiger partial charge in [-0.25, -0.2) is 4.98 Å². The van der Waals surface area contributed by atoms with Crippen molar-refractivity contribution in [3.63, 3.8) is 0 Å². The number of pyridine rings is 1. The van der Waals surface area contributed by atoms with Gasteiger partial charge < -0.3 is 14.8 Å². The van der Waals surface area contributed by atoms with Crippen LogP contribution >= 0.6 is 11.8 Å². The van der Waals surface area contributed by atoms with E-state index in [2.05, 4.69) is 23.5 Å². The molecule has 1 N–H and O–H groups in total. The van der Waals surface area contributed by atoms with Crippen LogP contribution in [-0.4, -0.2) is 43.0 Å². The Morgan fingerprint density at radius 2 is 2.10 bits per heavy atom. The van der Waals surface area contributed by atoms with Crippen LogP contribution in [0.4, 0.5) is 0 Å². The summed E-state index contributed by atoms with van der Waals surface area (Å²) >= 11 is 1.44. The highest BCUT2D eigenvalue weighted by Gasteiger charge is 2.16. The molecule has 0 radical (unpaired) electrons. The zero-order valence-electron chi connectivity index (χ0n) is 16.4. The number of hydrogen-bond donors (Lipinski definition) is 1. The second kappa shape index (κ2) is 9.29. The monoisotopic (exact) mass is 408 g/mol. The maximum atomic E-state index is 12.3. The Kier molecular flexibility index (Phi) is 6.32. The zero-order chi connectivity index (χ0) is 20.1. The third-order valence-corrected chi connectivity index (χ3v) is 5.89.